The van der Waals surface area contributed by atoms with Crippen molar-refractivity contribution >= 4 is 6.21 Å². The Labute approximate surface area is 173 Å². The first-order valence-corrected chi connectivity index (χ1v) is 10.3. The average molecular weight is 387 g/mol. The van der Waals surface area contributed by atoms with Crippen LogP contribution in [0.25, 0.3) is 0 Å². The molecule has 1 saturated heterocycles. The Morgan fingerprint density at radius 2 is 1.52 bits per heavy atom. The van der Waals surface area contributed by atoms with E-state index in [1.54, 1.807) is 4.90 Å². The molecule has 1 aliphatic rings. The molecule has 0 unspecified atom stereocenters. The van der Waals surface area contributed by atoms with Gasteiger partial charge in [0.05, 0.1) is 32.4 Å². The van der Waals surface area contributed by atoms with E-state index in [4.69, 9.17) is 9.84 Å². The summed E-state index contributed by atoms with van der Waals surface area (Å²) in [7, 11) is 0. The molecule has 0 aliphatic carbocycles. The van der Waals surface area contributed by atoms with Crippen molar-refractivity contribution in [3.8, 4) is 5.75 Å². The Morgan fingerprint density at radius 1 is 0.828 bits per heavy atom. The molecule has 1 aliphatic heterocycles. The second-order valence-electron chi connectivity index (χ2n) is 7.46. The third-order valence-electron chi connectivity index (χ3n) is 5.22. The number of hydrogen-bond acceptors (Lipinski definition) is 3. The number of benzene rings is 3. The Kier molecular flexibility index (Phi) is 6.56. The first-order chi connectivity index (χ1) is 14.3. The van der Waals surface area contributed by atoms with Crippen molar-refractivity contribution in [3.63, 3.8) is 0 Å². The van der Waals surface area contributed by atoms with Gasteiger partial charge in [0.1, 0.15) is 18.9 Å². The van der Waals surface area contributed by atoms with Crippen LogP contribution in [0.5, 0.6) is 5.75 Å². The minimum atomic E-state index is 0.577. The number of hydrazone groups is 1. The number of quaternary nitrogens is 1. The lowest BCUT2D eigenvalue weighted by atomic mass is 10.2. The monoisotopic (exact) mass is 386 g/mol. The lowest BCUT2D eigenvalue weighted by Crippen LogP contribution is -3.13. The van der Waals surface area contributed by atoms with Gasteiger partial charge in [-0.2, -0.15) is 5.10 Å². The van der Waals surface area contributed by atoms with E-state index in [1.165, 1.54) is 11.1 Å². The van der Waals surface area contributed by atoms with Crippen molar-refractivity contribution < 1.29 is 9.64 Å². The summed E-state index contributed by atoms with van der Waals surface area (Å²) in [5, 5.41) is 6.87. The van der Waals surface area contributed by atoms with Crippen LogP contribution in [-0.2, 0) is 13.2 Å². The Bertz CT molecular complexity index is 904. The molecule has 0 spiro atoms. The lowest BCUT2D eigenvalue weighted by Gasteiger charge is -2.30. The molecule has 0 saturated carbocycles. The third-order valence-corrected chi connectivity index (χ3v) is 5.22. The summed E-state index contributed by atoms with van der Waals surface area (Å²) in [4.78, 5) is 1.62. The Hall–Kier alpha value is -3.11. The SMILES string of the molecule is C(=NN1CC[NH+](Cc2ccccc2)CC1)c1cccc(OCc2ccccc2)c1. The largest absolute Gasteiger partial charge is 0.489 e. The van der Waals surface area contributed by atoms with E-state index in [1.807, 2.05) is 42.6 Å². The molecule has 1 N–H and O–H groups in total. The van der Waals surface area contributed by atoms with Crippen LogP contribution in [0.4, 0.5) is 0 Å². The van der Waals surface area contributed by atoms with Crippen molar-refractivity contribution in [2.24, 2.45) is 5.10 Å². The zero-order valence-corrected chi connectivity index (χ0v) is 16.7. The van der Waals surface area contributed by atoms with Crippen LogP contribution < -0.4 is 9.64 Å². The molecule has 0 bridgehead atoms. The van der Waals surface area contributed by atoms with Crippen LogP contribution in [-0.4, -0.2) is 37.4 Å². The van der Waals surface area contributed by atoms with Crippen molar-refractivity contribution in [2.45, 2.75) is 13.2 Å². The summed E-state index contributed by atoms with van der Waals surface area (Å²) < 4.78 is 5.92. The summed E-state index contributed by atoms with van der Waals surface area (Å²) in [6.45, 7) is 5.89. The highest BCUT2D eigenvalue weighted by molar-refractivity contribution is 5.79. The third kappa shape index (κ3) is 5.93. The molecule has 1 fully saturated rings. The van der Waals surface area contributed by atoms with E-state index in [0.717, 1.165) is 44.0 Å². The summed E-state index contributed by atoms with van der Waals surface area (Å²) >= 11 is 0. The molecule has 0 amide bonds. The molecular weight excluding hydrogens is 358 g/mol. The second kappa shape index (κ2) is 9.89. The number of rotatable bonds is 7. The Balaban J connectivity index is 1.26. The first kappa shape index (κ1) is 19.2. The summed E-state index contributed by atoms with van der Waals surface area (Å²) in [6.07, 6.45) is 1.94. The molecule has 29 heavy (non-hydrogen) atoms. The van der Waals surface area contributed by atoms with E-state index in [0.29, 0.717) is 6.61 Å². The normalized spacial score (nSPS) is 15.0. The van der Waals surface area contributed by atoms with E-state index in [-0.39, 0.29) is 0 Å². The fourth-order valence-corrected chi connectivity index (χ4v) is 3.56. The van der Waals surface area contributed by atoms with E-state index >= 15 is 0 Å². The van der Waals surface area contributed by atoms with Crippen LogP contribution in [0, 0.1) is 0 Å². The van der Waals surface area contributed by atoms with Gasteiger partial charge in [-0.25, -0.2) is 0 Å². The van der Waals surface area contributed by atoms with E-state index in [2.05, 4.69) is 53.5 Å². The number of nitrogens with zero attached hydrogens (tertiary/aromatic N) is 2. The highest BCUT2D eigenvalue weighted by Gasteiger charge is 2.18. The zero-order valence-electron chi connectivity index (χ0n) is 16.7. The van der Waals surface area contributed by atoms with Gasteiger partial charge in [0.25, 0.3) is 0 Å². The topological polar surface area (TPSA) is 29.3 Å². The lowest BCUT2D eigenvalue weighted by molar-refractivity contribution is -0.918. The molecule has 1 heterocycles. The van der Waals surface area contributed by atoms with Gasteiger partial charge in [-0.3, -0.25) is 5.01 Å². The fourth-order valence-electron chi connectivity index (χ4n) is 3.56. The molecular formula is C25H28N3O+. The highest BCUT2D eigenvalue weighted by atomic mass is 16.5. The standard InChI is InChI=1S/C25H27N3O/c1-3-8-22(9-4-1)20-27-14-16-28(17-15-27)26-19-24-12-7-13-25(18-24)29-21-23-10-5-2-6-11-23/h1-13,18-19H,14-17,20-21H2/p+1. The van der Waals surface area contributed by atoms with Gasteiger partial charge < -0.3 is 9.64 Å². The molecule has 0 aromatic heterocycles. The van der Waals surface area contributed by atoms with Gasteiger partial charge in [-0.1, -0.05) is 72.8 Å². The summed E-state index contributed by atoms with van der Waals surface area (Å²) in [5.41, 5.74) is 3.64. The smallest absolute Gasteiger partial charge is 0.120 e. The van der Waals surface area contributed by atoms with Crippen LogP contribution in [0.1, 0.15) is 16.7 Å². The molecule has 0 atom stereocenters. The number of piperazine rings is 1. The number of hydrogen-bond donors (Lipinski definition) is 1. The van der Waals surface area contributed by atoms with Crippen LogP contribution in [0.15, 0.2) is 90.0 Å². The predicted octanol–water partition coefficient (Wildman–Crippen LogP) is 3.00. The van der Waals surface area contributed by atoms with Crippen molar-refractivity contribution in [1.29, 1.82) is 0 Å². The van der Waals surface area contributed by atoms with Gasteiger partial charge in [0.2, 0.25) is 0 Å². The molecule has 4 nitrogen and oxygen atoms in total. The molecule has 0 radical (unpaired) electrons. The molecule has 3 aromatic carbocycles. The minimum absolute atomic E-state index is 0.577. The molecule has 4 rings (SSSR count). The maximum Gasteiger partial charge on any atom is 0.120 e. The van der Waals surface area contributed by atoms with E-state index in [9.17, 15) is 0 Å². The summed E-state index contributed by atoms with van der Waals surface area (Å²) in [6, 6.07) is 29.1. The maximum atomic E-state index is 5.92. The second-order valence-corrected chi connectivity index (χ2v) is 7.46. The average Bonchev–Trinajstić information content (AvgIpc) is 2.79. The van der Waals surface area contributed by atoms with Crippen molar-refractivity contribution in [3.05, 3.63) is 102 Å². The van der Waals surface area contributed by atoms with Gasteiger partial charge in [0.15, 0.2) is 0 Å². The van der Waals surface area contributed by atoms with E-state index < -0.39 is 0 Å². The van der Waals surface area contributed by atoms with Gasteiger partial charge in [-0.05, 0) is 23.3 Å². The van der Waals surface area contributed by atoms with Crippen LogP contribution >= 0.6 is 0 Å². The molecule has 4 heteroatoms. The molecule has 3 aromatic rings. The highest BCUT2D eigenvalue weighted by Crippen LogP contribution is 2.14. The number of nitrogens with one attached hydrogen (secondary N) is 1. The first-order valence-electron chi connectivity index (χ1n) is 10.3. The minimum Gasteiger partial charge on any atom is -0.489 e. The fraction of sp³-hybridized carbons (Fsp3) is 0.240. The quantitative estimate of drug-likeness (QED) is 0.633. The van der Waals surface area contributed by atoms with Gasteiger partial charge in [-0.15, -0.1) is 0 Å². The Morgan fingerprint density at radius 3 is 2.24 bits per heavy atom. The maximum absolute atomic E-state index is 5.92. The summed E-state index contributed by atoms with van der Waals surface area (Å²) in [5.74, 6) is 0.870. The predicted molar refractivity (Wildman–Crippen MR) is 117 cm³/mol. The van der Waals surface area contributed by atoms with Gasteiger partial charge in [0, 0.05) is 5.56 Å². The van der Waals surface area contributed by atoms with Gasteiger partial charge >= 0.3 is 0 Å². The number of ether oxygens (including phenoxy) is 1. The van der Waals surface area contributed by atoms with Crippen molar-refractivity contribution in [1.82, 2.24) is 5.01 Å². The zero-order chi connectivity index (χ0) is 19.7. The van der Waals surface area contributed by atoms with Crippen LogP contribution in [0.3, 0.4) is 0 Å². The molecule has 148 valence electrons. The van der Waals surface area contributed by atoms with Crippen LogP contribution in [0.2, 0.25) is 0 Å². The van der Waals surface area contributed by atoms with Crippen molar-refractivity contribution in [2.75, 3.05) is 26.2 Å².